The van der Waals surface area contributed by atoms with E-state index < -0.39 is 11.8 Å². The van der Waals surface area contributed by atoms with E-state index in [1.54, 1.807) is 48.5 Å². The number of fused-ring (bicyclic) bond motifs is 1. The Labute approximate surface area is 177 Å². The molecule has 8 heteroatoms. The summed E-state index contributed by atoms with van der Waals surface area (Å²) in [6.07, 6.45) is 0. The molecule has 1 aromatic heterocycles. The molecular formula is C23H19N5O3. The van der Waals surface area contributed by atoms with Gasteiger partial charge in [-0.1, -0.05) is 48.5 Å². The van der Waals surface area contributed by atoms with E-state index in [1.807, 2.05) is 30.3 Å². The number of hydrogen-bond acceptors (Lipinski definition) is 5. The molecule has 0 aliphatic heterocycles. The van der Waals surface area contributed by atoms with Gasteiger partial charge < -0.3 is 5.32 Å². The van der Waals surface area contributed by atoms with Crippen molar-refractivity contribution >= 4 is 34.0 Å². The van der Waals surface area contributed by atoms with Crippen molar-refractivity contribution in [1.29, 1.82) is 0 Å². The van der Waals surface area contributed by atoms with E-state index in [0.29, 0.717) is 22.0 Å². The zero-order valence-electron chi connectivity index (χ0n) is 16.6. The normalized spacial score (nSPS) is 10.5. The minimum absolute atomic E-state index is 0.0358. The molecule has 0 aliphatic rings. The minimum atomic E-state index is -0.631. The zero-order valence-corrected chi connectivity index (χ0v) is 16.6. The van der Waals surface area contributed by atoms with Crippen molar-refractivity contribution in [1.82, 2.24) is 20.6 Å². The summed E-state index contributed by atoms with van der Waals surface area (Å²) in [6.45, 7) is 0. The Balaban J connectivity index is 1.54. The largest absolute Gasteiger partial charge is 0.355 e. The molecule has 1 heterocycles. The number of hydrazine groups is 1. The molecule has 0 saturated carbocycles. The molecule has 154 valence electrons. The van der Waals surface area contributed by atoms with Gasteiger partial charge in [-0.05, 0) is 30.3 Å². The topological polar surface area (TPSA) is 105 Å². The third-order valence-corrected chi connectivity index (χ3v) is 4.69. The zero-order chi connectivity index (χ0) is 21.8. The first-order valence-electron chi connectivity index (χ1n) is 9.52. The molecule has 0 unspecified atom stereocenters. The number of anilines is 2. The van der Waals surface area contributed by atoms with Crippen LogP contribution in [-0.2, 0) is 7.05 Å². The van der Waals surface area contributed by atoms with Gasteiger partial charge in [-0.3, -0.25) is 25.2 Å². The highest BCUT2D eigenvalue weighted by Gasteiger charge is 2.17. The fraction of sp³-hybridized carbons (Fsp3) is 0.0435. The van der Waals surface area contributed by atoms with Crippen molar-refractivity contribution in [2.75, 3.05) is 5.32 Å². The van der Waals surface area contributed by atoms with Gasteiger partial charge in [0.2, 0.25) is 0 Å². The van der Waals surface area contributed by atoms with Crippen LogP contribution in [0.15, 0.2) is 83.7 Å². The fourth-order valence-electron chi connectivity index (χ4n) is 3.17. The van der Waals surface area contributed by atoms with Gasteiger partial charge >= 0.3 is 0 Å². The first-order valence-corrected chi connectivity index (χ1v) is 9.52. The summed E-state index contributed by atoms with van der Waals surface area (Å²) in [4.78, 5) is 37.7. The van der Waals surface area contributed by atoms with E-state index in [2.05, 4.69) is 21.3 Å². The lowest BCUT2D eigenvalue weighted by atomic mass is 10.1. The Morgan fingerprint density at radius 1 is 0.774 bits per heavy atom. The van der Waals surface area contributed by atoms with Crippen molar-refractivity contribution in [2.45, 2.75) is 0 Å². The van der Waals surface area contributed by atoms with Gasteiger partial charge in [0.05, 0.1) is 16.6 Å². The van der Waals surface area contributed by atoms with E-state index >= 15 is 0 Å². The SMILES string of the molecule is Cn1nc(C(=O)NNC(=O)c2ccccc2Nc2ccccc2)c2ccccc2c1=O. The van der Waals surface area contributed by atoms with Crippen LogP contribution in [0.4, 0.5) is 11.4 Å². The Morgan fingerprint density at radius 2 is 1.39 bits per heavy atom. The van der Waals surface area contributed by atoms with Crippen LogP contribution in [0.5, 0.6) is 0 Å². The highest BCUT2D eigenvalue weighted by molar-refractivity contribution is 6.06. The smallest absolute Gasteiger partial charge is 0.290 e. The molecule has 0 spiro atoms. The average Bonchev–Trinajstić information content (AvgIpc) is 2.80. The molecule has 4 rings (SSSR count). The molecule has 0 fully saturated rings. The summed E-state index contributed by atoms with van der Waals surface area (Å²) in [5, 5.41) is 8.02. The van der Waals surface area contributed by atoms with Gasteiger partial charge in [0.1, 0.15) is 0 Å². The summed E-state index contributed by atoms with van der Waals surface area (Å²) < 4.78 is 1.10. The van der Waals surface area contributed by atoms with E-state index in [4.69, 9.17) is 0 Å². The van der Waals surface area contributed by atoms with Crippen LogP contribution in [0.1, 0.15) is 20.8 Å². The lowest BCUT2D eigenvalue weighted by Gasteiger charge is -2.13. The van der Waals surface area contributed by atoms with E-state index in [9.17, 15) is 14.4 Å². The molecule has 0 bridgehead atoms. The Kier molecular flexibility index (Phi) is 5.44. The second-order valence-electron chi connectivity index (χ2n) is 6.77. The van der Waals surface area contributed by atoms with Crippen LogP contribution in [0.2, 0.25) is 0 Å². The third kappa shape index (κ3) is 4.13. The summed E-state index contributed by atoms with van der Waals surface area (Å²) in [5.74, 6) is -1.13. The number of aryl methyl sites for hydroxylation is 1. The maximum atomic E-state index is 12.7. The number of carbonyl (C=O) groups excluding carboxylic acids is 2. The lowest BCUT2D eigenvalue weighted by Crippen LogP contribution is -2.42. The number of nitrogens with zero attached hydrogens (tertiary/aromatic N) is 2. The van der Waals surface area contributed by atoms with Crippen molar-refractivity contribution < 1.29 is 9.59 Å². The van der Waals surface area contributed by atoms with Crippen molar-refractivity contribution in [2.24, 2.45) is 7.05 Å². The Morgan fingerprint density at radius 3 is 2.16 bits per heavy atom. The molecule has 0 radical (unpaired) electrons. The number of para-hydroxylation sites is 2. The van der Waals surface area contributed by atoms with Crippen molar-refractivity contribution in [3.8, 4) is 0 Å². The van der Waals surface area contributed by atoms with E-state index in [0.717, 1.165) is 10.4 Å². The molecule has 0 aliphatic carbocycles. The summed E-state index contributed by atoms with van der Waals surface area (Å²) >= 11 is 0. The monoisotopic (exact) mass is 413 g/mol. The maximum absolute atomic E-state index is 12.7. The third-order valence-electron chi connectivity index (χ3n) is 4.69. The number of carbonyl (C=O) groups is 2. The highest BCUT2D eigenvalue weighted by atomic mass is 16.2. The van der Waals surface area contributed by atoms with Crippen LogP contribution in [0, 0.1) is 0 Å². The second kappa shape index (κ2) is 8.50. The number of rotatable bonds is 4. The molecule has 3 aromatic carbocycles. The standard InChI is InChI=1S/C23H19N5O3/c1-28-23(31)17-12-6-5-11-16(17)20(27-28)22(30)26-25-21(29)18-13-7-8-14-19(18)24-15-9-3-2-4-10-15/h2-14,24H,1H3,(H,25,29)(H,26,30). The Hall–Kier alpha value is -4.46. The van der Waals surface area contributed by atoms with Gasteiger partial charge in [-0.2, -0.15) is 5.10 Å². The molecule has 0 saturated heterocycles. The van der Waals surface area contributed by atoms with Crippen LogP contribution in [0.25, 0.3) is 10.8 Å². The first kappa shape index (κ1) is 19.8. The van der Waals surface area contributed by atoms with Gasteiger partial charge in [-0.25, -0.2) is 4.68 Å². The van der Waals surface area contributed by atoms with E-state index in [1.165, 1.54) is 7.05 Å². The van der Waals surface area contributed by atoms with Gasteiger partial charge in [0, 0.05) is 18.1 Å². The van der Waals surface area contributed by atoms with Crippen LogP contribution < -0.4 is 21.7 Å². The van der Waals surface area contributed by atoms with Crippen molar-refractivity contribution in [3.05, 3.63) is 100 Å². The molecule has 0 atom stereocenters. The first-order chi connectivity index (χ1) is 15.0. The predicted octanol–water partition coefficient (Wildman–Crippen LogP) is 2.75. The quantitative estimate of drug-likeness (QED) is 0.446. The van der Waals surface area contributed by atoms with Crippen LogP contribution in [-0.4, -0.2) is 21.6 Å². The molecule has 4 aromatic rings. The molecule has 31 heavy (non-hydrogen) atoms. The lowest BCUT2D eigenvalue weighted by molar-refractivity contribution is 0.0844. The molecular weight excluding hydrogens is 394 g/mol. The summed E-state index contributed by atoms with van der Waals surface area (Å²) in [5.41, 5.74) is 6.29. The van der Waals surface area contributed by atoms with Crippen LogP contribution >= 0.6 is 0 Å². The maximum Gasteiger partial charge on any atom is 0.290 e. The molecule has 3 N–H and O–H groups in total. The predicted molar refractivity (Wildman–Crippen MR) is 118 cm³/mol. The highest BCUT2D eigenvalue weighted by Crippen LogP contribution is 2.20. The molecule has 2 amide bonds. The van der Waals surface area contributed by atoms with Crippen LogP contribution in [0.3, 0.4) is 0 Å². The van der Waals surface area contributed by atoms with Gasteiger partial charge in [0.25, 0.3) is 17.4 Å². The minimum Gasteiger partial charge on any atom is -0.355 e. The molecule has 8 nitrogen and oxygen atoms in total. The number of hydrogen-bond donors (Lipinski definition) is 3. The number of aromatic nitrogens is 2. The average molecular weight is 413 g/mol. The second-order valence-corrected chi connectivity index (χ2v) is 6.77. The van der Waals surface area contributed by atoms with Gasteiger partial charge in [0.15, 0.2) is 5.69 Å². The summed E-state index contributed by atoms with van der Waals surface area (Å²) in [7, 11) is 1.47. The fourth-order valence-corrected chi connectivity index (χ4v) is 3.17. The number of nitrogens with one attached hydrogen (secondary N) is 3. The number of benzene rings is 3. The van der Waals surface area contributed by atoms with E-state index in [-0.39, 0.29) is 11.3 Å². The summed E-state index contributed by atoms with van der Waals surface area (Å²) in [6, 6.07) is 23.1. The van der Waals surface area contributed by atoms with Crippen molar-refractivity contribution in [3.63, 3.8) is 0 Å². The number of amides is 2. The Bertz CT molecular complexity index is 1330. The van der Waals surface area contributed by atoms with Gasteiger partial charge in [-0.15, -0.1) is 0 Å².